The highest BCUT2D eigenvalue weighted by Gasteiger charge is 2.17. The van der Waals surface area contributed by atoms with Gasteiger partial charge in [-0.15, -0.1) is 11.3 Å². The first kappa shape index (κ1) is 14.0. The molecule has 0 aliphatic carbocycles. The molecule has 1 amide bonds. The normalized spacial score (nSPS) is 17.1. The molecule has 6 heteroatoms. The summed E-state index contributed by atoms with van der Waals surface area (Å²) in [6.45, 7) is 2.69. The number of rotatable bonds is 4. The second kappa shape index (κ2) is 6.66. The average Bonchev–Trinajstić information content (AvgIpc) is 2.85. The van der Waals surface area contributed by atoms with Crippen molar-refractivity contribution in [1.82, 2.24) is 4.90 Å². The molecular weight excluding hydrogens is 260 g/mol. The van der Waals surface area contributed by atoms with Crippen molar-refractivity contribution < 1.29 is 4.79 Å². The van der Waals surface area contributed by atoms with E-state index in [1.807, 2.05) is 0 Å². The van der Waals surface area contributed by atoms with Gasteiger partial charge in [-0.3, -0.25) is 4.79 Å². The number of thiophene rings is 1. The molecule has 0 unspecified atom stereocenters. The molecule has 0 aromatic carbocycles. The minimum Gasteiger partial charge on any atom is -0.328 e. The van der Waals surface area contributed by atoms with Crippen LogP contribution in [0, 0.1) is 11.3 Å². The van der Waals surface area contributed by atoms with Crippen LogP contribution in [-0.2, 0) is 4.79 Å². The minimum atomic E-state index is -0.0335. The van der Waals surface area contributed by atoms with E-state index in [9.17, 15) is 4.79 Å². The number of carbonyl (C=O) groups is 1. The third kappa shape index (κ3) is 4.03. The standard InChI is InChI=1S/C13H18N4OS/c14-9-10-4-8-19-13(10)16-12(18)3-7-17-5-1-11(15)2-6-17/h4,8,11H,1-3,5-7,15H2,(H,16,18). The summed E-state index contributed by atoms with van der Waals surface area (Å²) in [6.07, 6.45) is 2.47. The van der Waals surface area contributed by atoms with Gasteiger partial charge in [0, 0.05) is 19.0 Å². The fourth-order valence-electron chi connectivity index (χ4n) is 2.12. The first-order chi connectivity index (χ1) is 9.19. The number of nitriles is 1. The molecule has 0 bridgehead atoms. The molecule has 19 heavy (non-hydrogen) atoms. The predicted octanol–water partition coefficient (Wildman–Crippen LogP) is 1.37. The molecule has 3 N–H and O–H groups in total. The van der Waals surface area contributed by atoms with Crippen molar-refractivity contribution in [2.45, 2.75) is 25.3 Å². The minimum absolute atomic E-state index is 0.0335. The van der Waals surface area contributed by atoms with Gasteiger partial charge in [-0.25, -0.2) is 0 Å². The molecule has 5 nitrogen and oxygen atoms in total. The SMILES string of the molecule is N#Cc1ccsc1NC(=O)CCN1CCC(N)CC1. The lowest BCUT2D eigenvalue weighted by Gasteiger charge is -2.29. The molecule has 0 radical (unpaired) electrons. The van der Waals surface area contributed by atoms with Crippen molar-refractivity contribution in [2.24, 2.45) is 5.73 Å². The summed E-state index contributed by atoms with van der Waals surface area (Å²) in [4.78, 5) is 14.1. The Hall–Kier alpha value is -1.42. The fraction of sp³-hybridized carbons (Fsp3) is 0.538. The van der Waals surface area contributed by atoms with Crippen LogP contribution in [0.4, 0.5) is 5.00 Å². The van der Waals surface area contributed by atoms with Crippen LogP contribution in [0.15, 0.2) is 11.4 Å². The Balaban J connectivity index is 1.75. The van der Waals surface area contributed by atoms with Crippen LogP contribution in [0.5, 0.6) is 0 Å². The van der Waals surface area contributed by atoms with Gasteiger partial charge in [-0.05, 0) is 37.4 Å². The first-order valence-corrected chi connectivity index (χ1v) is 7.32. The van der Waals surface area contributed by atoms with Crippen LogP contribution >= 0.6 is 11.3 Å². The van der Waals surface area contributed by atoms with Crippen molar-refractivity contribution in [3.05, 3.63) is 17.0 Å². The van der Waals surface area contributed by atoms with Crippen LogP contribution in [0.25, 0.3) is 0 Å². The highest BCUT2D eigenvalue weighted by Crippen LogP contribution is 2.22. The van der Waals surface area contributed by atoms with Crippen molar-refractivity contribution in [3.8, 4) is 6.07 Å². The van der Waals surface area contributed by atoms with Gasteiger partial charge >= 0.3 is 0 Å². The summed E-state index contributed by atoms with van der Waals surface area (Å²) in [5.74, 6) is -0.0335. The number of anilines is 1. The van der Waals surface area contributed by atoms with Gasteiger partial charge in [0.1, 0.15) is 11.1 Å². The topological polar surface area (TPSA) is 82.2 Å². The molecule has 1 aliphatic heterocycles. The van der Waals surface area contributed by atoms with Crippen molar-refractivity contribution >= 4 is 22.2 Å². The highest BCUT2D eigenvalue weighted by molar-refractivity contribution is 7.14. The molecule has 0 spiro atoms. The van der Waals surface area contributed by atoms with Crippen LogP contribution in [0.1, 0.15) is 24.8 Å². The maximum Gasteiger partial charge on any atom is 0.226 e. The second-order valence-corrected chi connectivity index (χ2v) is 5.67. The number of nitrogens with one attached hydrogen (secondary N) is 1. The molecule has 102 valence electrons. The van der Waals surface area contributed by atoms with Gasteiger partial charge in [0.2, 0.25) is 5.91 Å². The second-order valence-electron chi connectivity index (χ2n) is 4.75. The lowest BCUT2D eigenvalue weighted by atomic mass is 10.1. The zero-order valence-electron chi connectivity index (χ0n) is 10.8. The smallest absolute Gasteiger partial charge is 0.226 e. The van der Waals surface area contributed by atoms with E-state index >= 15 is 0 Å². The summed E-state index contributed by atoms with van der Waals surface area (Å²) in [7, 11) is 0. The maximum atomic E-state index is 11.8. The molecule has 0 saturated carbocycles. The van der Waals surface area contributed by atoms with Gasteiger partial charge in [-0.1, -0.05) is 0 Å². The summed E-state index contributed by atoms with van der Waals surface area (Å²) in [6, 6.07) is 4.09. The van der Waals surface area contributed by atoms with E-state index in [0.717, 1.165) is 32.5 Å². The van der Waals surface area contributed by atoms with Gasteiger partial charge in [-0.2, -0.15) is 5.26 Å². The highest BCUT2D eigenvalue weighted by atomic mass is 32.1. The van der Waals surface area contributed by atoms with E-state index in [1.54, 1.807) is 11.4 Å². The number of hydrogen-bond acceptors (Lipinski definition) is 5. The van der Waals surface area contributed by atoms with E-state index in [2.05, 4.69) is 16.3 Å². The van der Waals surface area contributed by atoms with Crippen LogP contribution in [0.3, 0.4) is 0 Å². The number of hydrogen-bond donors (Lipinski definition) is 2. The van der Waals surface area contributed by atoms with Gasteiger partial charge in [0.05, 0.1) is 5.56 Å². The Labute approximate surface area is 117 Å². The Morgan fingerprint density at radius 1 is 1.58 bits per heavy atom. The Morgan fingerprint density at radius 2 is 2.32 bits per heavy atom. The maximum absolute atomic E-state index is 11.8. The first-order valence-electron chi connectivity index (χ1n) is 6.44. The van der Waals surface area contributed by atoms with Crippen molar-refractivity contribution in [2.75, 3.05) is 25.0 Å². The molecular formula is C13H18N4OS. The Kier molecular flexibility index (Phi) is 4.91. The molecule has 1 aromatic rings. The number of likely N-dealkylation sites (tertiary alicyclic amines) is 1. The molecule has 1 aliphatic rings. The number of nitrogens with two attached hydrogens (primary N) is 1. The third-order valence-electron chi connectivity index (χ3n) is 3.33. The van der Waals surface area contributed by atoms with E-state index in [0.29, 0.717) is 23.0 Å². The lowest BCUT2D eigenvalue weighted by Crippen LogP contribution is -2.40. The zero-order valence-corrected chi connectivity index (χ0v) is 11.6. The molecule has 2 rings (SSSR count). The monoisotopic (exact) mass is 278 g/mol. The quantitative estimate of drug-likeness (QED) is 0.871. The molecule has 0 atom stereocenters. The van der Waals surface area contributed by atoms with Gasteiger partial charge in [0.25, 0.3) is 0 Å². The predicted molar refractivity (Wildman–Crippen MR) is 75.9 cm³/mol. The summed E-state index contributed by atoms with van der Waals surface area (Å²) in [5, 5.41) is 14.1. The van der Waals surface area contributed by atoms with Crippen LogP contribution in [-0.4, -0.2) is 36.5 Å². The Bertz CT molecular complexity index is 471. The summed E-state index contributed by atoms with van der Waals surface area (Å²) >= 11 is 1.38. The van der Waals surface area contributed by atoms with E-state index in [4.69, 9.17) is 11.0 Å². The van der Waals surface area contributed by atoms with Crippen molar-refractivity contribution in [1.29, 1.82) is 5.26 Å². The average molecular weight is 278 g/mol. The number of nitrogens with zero attached hydrogens (tertiary/aromatic N) is 2. The summed E-state index contributed by atoms with van der Waals surface area (Å²) < 4.78 is 0. The molecule has 1 saturated heterocycles. The van der Waals surface area contributed by atoms with Gasteiger partial charge < -0.3 is 16.0 Å². The van der Waals surface area contributed by atoms with Crippen LogP contribution in [0.2, 0.25) is 0 Å². The fourth-order valence-corrected chi connectivity index (χ4v) is 2.87. The third-order valence-corrected chi connectivity index (χ3v) is 4.16. The largest absolute Gasteiger partial charge is 0.328 e. The molecule has 1 fully saturated rings. The lowest BCUT2D eigenvalue weighted by molar-refractivity contribution is -0.116. The van der Waals surface area contributed by atoms with Gasteiger partial charge in [0.15, 0.2) is 0 Å². The number of amides is 1. The number of piperidine rings is 1. The van der Waals surface area contributed by atoms with E-state index in [-0.39, 0.29) is 5.91 Å². The van der Waals surface area contributed by atoms with E-state index in [1.165, 1.54) is 11.3 Å². The zero-order chi connectivity index (χ0) is 13.7. The Morgan fingerprint density at radius 3 is 3.00 bits per heavy atom. The van der Waals surface area contributed by atoms with Crippen molar-refractivity contribution in [3.63, 3.8) is 0 Å². The van der Waals surface area contributed by atoms with Crippen LogP contribution < -0.4 is 11.1 Å². The summed E-state index contributed by atoms with van der Waals surface area (Å²) in [5.41, 5.74) is 6.37. The van der Waals surface area contributed by atoms with E-state index < -0.39 is 0 Å². The number of carbonyl (C=O) groups excluding carboxylic acids is 1. The molecule has 2 heterocycles. The molecule has 1 aromatic heterocycles.